The summed E-state index contributed by atoms with van der Waals surface area (Å²) in [4.78, 5) is 38.4. The van der Waals surface area contributed by atoms with Gasteiger partial charge in [-0.25, -0.2) is 4.79 Å². The van der Waals surface area contributed by atoms with Crippen molar-refractivity contribution in [1.29, 1.82) is 5.53 Å². The van der Waals surface area contributed by atoms with Gasteiger partial charge in [-0.05, 0) is 40.0 Å². The molecule has 0 bridgehead atoms. The molecule has 0 aromatic heterocycles. The number of nitrogens with zero attached hydrogens (tertiary/aromatic N) is 1. The summed E-state index contributed by atoms with van der Waals surface area (Å²) >= 11 is 0. The number of amides is 1. The number of esters is 1. The molecule has 2 N–H and O–H groups in total. The number of ether oxygens (including phenoxy) is 2. The van der Waals surface area contributed by atoms with Crippen LogP contribution >= 0.6 is 0 Å². The molecule has 0 aromatic rings. The molecule has 8 heteroatoms. The first-order valence-electron chi connectivity index (χ1n) is 7.72. The van der Waals surface area contributed by atoms with Gasteiger partial charge >= 0.3 is 12.2 Å². The van der Waals surface area contributed by atoms with Gasteiger partial charge < -0.3 is 14.8 Å². The van der Waals surface area contributed by atoms with E-state index in [4.69, 9.17) is 15.0 Å². The summed E-state index contributed by atoms with van der Waals surface area (Å²) in [6, 6.07) is -0.932. The third kappa shape index (κ3) is 7.67. The second kappa shape index (κ2) is 9.17. The molecule has 1 rings (SSSR count). The van der Waals surface area contributed by atoms with Crippen LogP contribution in [0.2, 0.25) is 0 Å². The Bertz CT molecular complexity index is 495. The minimum absolute atomic E-state index is 0.0155. The zero-order valence-corrected chi connectivity index (χ0v) is 13.7. The van der Waals surface area contributed by atoms with Crippen molar-refractivity contribution in [2.45, 2.75) is 70.8 Å². The molecule has 1 saturated carbocycles. The third-order valence-corrected chi connectivity index (χ3v) is 3.13. The van der Waals surface area contributed by atoms with Gasteiger partial charge in [0.2, 0.25) is 11.7 Å². The first-order valence-corrected chi connectivity index (χ1v) is 7.72. The molecule has 1 aliphatic rings. The minimum atomic E-state index is -0.932. The molecule has 0 heterocycles. The van der Waals surface area contributed by atoms with E-state index in [-0.39, 0.29) is 30.8 Å². The Kier molecular flexibility index (Phi) is 7.57. The Morgan fingerprint density at radius 2 is 1.96 bits per heavy atom. The van der Waals surface area contributed by atoms with Crippen molar-refractivity contribution in [2.24, 2.45) is 0 Å². The molecule has 1 aliphatic carbocycles. The maximum absolute atomic E-state index is 12.1. The van der Waals surface area contributed by atoms with Crippen LogP contribution in [0, 0.1) is 5.53 Å². The molecular weight excluding hydrogens is 302 g/mol. The van der Waals surface area contributed by atoms with Crippen molar-refractivity contribution < 1.29 is 28.6 Å². The average molecular weight is 326 g/mol. The lowest BCUT2D eigenvalue weighted by molar-refractivity contribution is -0.153. The summed E-state index contributed by atoms with van der Waals surface area (Å²) in [6.45, 7) is 5.03. The lowest BCUT2D eigenvalue weighted by Crippen LogP contribution is -2.47. The SMILES string of the molecule is CC(C)OC(=O)[C@H](CCC(=O)C=[N+]=N)NC(=O)[C@H](C)OC1CC1. The molecule has 0 unspecified atom stereocenters. The second-order valence-electron chi connectivity index (χ2n) is 5.79. The van der Waals surface area contributed by atoms with E-state index in [0.717, 1.165) is 19.1 Å². The van der Waals surface area contributed by atoms with Crippen LogP contribution in [0.4, 0.5) is 0 Å². The predicted molar refractivity (Wildman–Crippen MR) is 80.0 cm³/mol. The molecule has 0 saturated heterocycles. The van der Waals surface area contributed by atoms with Crippen molar-refractivity contribution in [3.8, 4) is 0 Å². The highest BCUT2D eigenvalue weighted by Gasteiger charge is 2.30. The predicted octanol–water partition coefficient (Wildman–Crippen LogP) is 0.650. The first kappa shape index (κ1) is 19.0. The number of hydrogen-bond acceptors (Lipinski definition) is 6. The summed E-state index contributed by atoms with van der Waals surface area (Å²) < 4.78 is 10.6. The van der Waals surface area contributed by atoms with Gasteiger partial charge in [0, 0.05) is 6.42 Å². The fraction of sp³-hybridized carbons (Fsp3) is 0.733. The van der Waals surface area contributed by atoms with E-state index in [9.17, 15) is 14.4 Å². The number of hydrogen-bond donors (Lipinski definition) is 2. The number of Topliss-reactive ketones (excluding diaryl/α,β-unsaturated/α-hetero) is 1. The molecule has 8 nitrogen and oxygen atoms in total. The van der Waals surface area contributed by atoms with E-state index in [1.165, 1.54) is 0 Å². The molecule has 0 aliphatic heterocycles. The maximum atomic E-state index is 12.1. The van der Waals surface area contributed by atoms with Crippen LogP contribution < -0.4 is 5.32 Å². The van der Waals surface area contributed by atoms with Gasteiger partial charge in [0.1, 0.15) is 12.1 Å². The summed E-state index contributed by atoms with van der Waals surface area (Å²) in [5, 5.41) is 2.57. The summed E-state index contributed by atoms with van der Waals surface area (Å²) in [5.74, 6) is -1.40. The van der Waals surface area contributed by atoms with Gasteiger partial charge in [-0.1, -0.05) is 0 Å². The maximum Gasteiger partial charge on any atom is 0.372 e. The Labute approximate surface area is 135 Å². The van der Waals surface area contributed by atoms with Crippen molar-refractivity contribution in [1.82, 2.24) is 5.32 Å². The number of carbonyl (C=O) groups is 3. The van der Waals surface area contributed by atoms with Crippen LogP contribution in [0.3, 0.4) is 0 Å². The average Bonchev–Trinajstić information content (AvgIpc) is 3.26. The molecule has 23 heavy (non-hydrogen) atoms. The Balaban J connectivity index is 2.60. The van der Waals surface area contributed by atoms with Gasteiger partial charge in [0.25, 0.3) is 0 Å². The largest absolute Gasteiger partial charge is 0.461 e. The first-order chi connectivity index (χ1) is 10.8. The lowest BCUT2D eigenvalue weighted by Gasteiger charge is -2.20. The number of nitrogens with one attached hydrogen (secondary N) is 2. The molecule has 0 radical (unpaired) electrons. The highest BCUT2D eigenvalue weighted by atomic mass is 16.5. The monoisotopic (exact) mass is 326 g/mol. The molecule has 0 spiro atoms. The van der Waals surface area contributed by atoms with Crippen LogP contribution in [0.5, 0.6) is 0 Å². The van der Waals surface area contributed by atoms with Gasteiger partial charge in [-0.2, -0.15) is 0 Å². The van der Waals surface area contributed by atoms with E-state index in [1.807, 2.05) is 0 Å². The van der Waals surface area contributed by atoms with Crippen molar-refractivity contribution in [3.05, 3.63) is 0 Å². The van der Waals surface area contributed by atoms with Crippen LogP contribution in [-0.4, -0.2) is 53.0 Å². The summed E-state index contributed by atoms with van der Waals surface area (Å²) in [7, 11) is 0. The molecule has 1 amide bonds. The van der Waals surface area contributed by atoms with E-state index in [2.05, 4.69) is 10.1 Å². The fourth-order valence-electron chi connectivity index (χ4n) is 1.83. The van der Waals surface area contributed by atoms with E-state index in [1.54, 1.807) is 20.8 Å². The molecule has 128 valence electrons. The zero-order valence-electron chi connectivity index (χ0n) is 13.7. The number of ketones is 1. The highest BCUT2D eigenvalue weighted by molar-refractivity contribution is 6.25. The van der Waals surface area contributed by atoms with Gasteiger partial charge in [-0.3, -0.25) is 9.59 Å². The zero-order chi connectivity index (χ0) is 17.4. The van der Waals surface area contributed by atoms with Gasteiger partial charge in [0.15, 0.2) is 0 Å². The van der Waals surface area contributed by atoms with Gasteiger partial charge in [-0.15, -0.1) is 0 Å². The molecule has 0 aromatic carbocycles. The van der Waals surface area contributed by atoms with Crippen LogP contribution in [0.25, 0.3) is 0 Å². The Morgan fingerprint density at radius 1 is 1.30 bits per heavy atom. The van der Waals surface area contributed by atoms with Crippen molar-refractivity contribution in [2.75, 3.05) is 0 Å². The van der Waals surface area contributed by atoms with Crippen LogP contribution in [0.1, 0.15) is 46.5 Å². The van der Waals surface area contributed by atoms with E-state index in [0.29, 0.717) is 0 Å². The number of rotatable bonds is 10. The molecule has 2 atom stereocenters. The highest BCUT2D eigenvalue weighted by Crippen LogP contribution is 2.25. The van der Waals surface area contributed by atoms with Gasteiger partial charge in [0.05, 0.1) is 22.5 Å². The van der Waals surface area contributed by atoms with E-state index < -0.39 is 24.0 Å². The quantitative estimate of drug-likeness (QED) is 0.264. The fourth-order valence-corrected chi connectivity index (χ4v) is 1.83. The Hall–Kier alpha value is -2.05. The molecular formula is C15H24N3O5+. The third-order valence-electron chi connectivity index (χ3n) is 3.13. The minimum Gasteiger partial charge on any atom is -0.461 e. The van der Waals surface area contributed by atoms with Crippen LogP contribution in [0.15, 0.2) is 0 Å². The van der Waals surface area contributed by atoms with Crippen LogP contribution in [-0.2, 0) is 23.9 Å². The van der Waals surface area contributed by atoms with E-state index >= 15 is 0 Å². The number of carbonyl (C=O) groups excluding carboxylic acids is 3. The van der Waals surface area contributed by atoms with Crippen molar-refractivity contribution >= 4 is 23.9 Å². The smallest absolute Gasteiger partial charge is 0.372 e. The van der Waals surface area contributed by atoms with Crippen molar-refractivity contribution in [3.63, 3.8) is 0 Å². The topological polar surface area (TPSA) is 120 Å². The lowest BCUT2D eigenvalue weighted by atomic mass is 10.1. The normalized spacial score (nSPS) is 16.2. The molecule has 1 fully saturated rings. The second-order valence-corrected chi connectivity index (χ2v) is 5.79. The summed E-state index contributed by atoms with van der Waals surface area (Å²) in [5.41, 5.74) is 6.61. The standard InChI is InChI=1S/C15H23N3O5/c1-9(2)22-15(21)13(7-4-11(19)8-17-16)18-14(20)10(3)23-12-5-6-12/h8-10,12-13,16H,4-7H2,1-3H3/p+1/t10-,13-/m0/s1. The Morgan fingerprint density at radius 3 is 2.48 bits per heavy atom. The summed E-state index contributed by atoms with van der Waals surface area (Å²) in [6.07, 6.45) is 1.94.